The van der Waals surface area contributed by atoms with Crippen molar-refractivity contribution >= 4 is 70.9 Å². The van der Waals surface area contributed by atoms with Gasteiger partial charge in [0, 0.05) is 0 Å². The molecule has 0 aromatic heterocycles. The molecule has 2 unspecified atom stereocenters. The normalized spacial score (nSPS) is 12.1. The Kier molecular flexibility index (Phi) is 12.0. The molecule has 12 nitrogen and oxygen atoms in total. The van der Waals surface area contributed by atoms with Crippen LogP contribution in [0.5, 0.6) is 0 Å². The topological polar surface area (TPSA) is 207 Å². The van der Waals surface area contributed by atoms with Gasteiger partial charge in [-0.05, 0) is 0 Å². The summed E-state index contributed by atoms with van der Waals surface area (Å²) in [6, 6.07) is 10.3. The van der Waals surface area contributed by atoms with Crippen LogP contribution in [0.1, 0.15) is 46.4 Å². The van der Waals surface area contributed by atoms with Crippen molar-refractivity contribution in [2.24, 2.45) is 0 Å². The molecular weight excluding hydrogens is 634 g/mol. The van der Waals surface area contributed by atoms with Crippen LogP contribution in [0.4, 0.5) is 0 Å². The summed E-state index contributed by atoms with van der Waals surface area (Å²) in [5.74, 6) is -6.40. The maximum atomic E-state index is 12.8. The number of carbonyl (C=O) groups is 6. The van der Waals surface area contributed by atoms with Crippen LogP contribution in [-0.2, 0) is 19.2 Å². The molecule has 38 heavy (non-hydrogen) atoms. The van der Waals surface area contributed by atoms with E-state index in [1.165, 1.54) is 12.1 Å². The van der Waals surface area contributed by atoms with Crippen molar-refractivity contribution in [3.05, 3.63) is 59.7 Å². The zero-order valence-electron chi connectivity index (χ0n) is 19.7. The van der Waals surface area contributed by atoms with Crippen molar-refractivity contribution in [2.45, 2.75) is 37.8 Å². The van der Waals surface area contributed by atoms with E-state index in [-0.39, 0.29) is 50.2 Å². The molecule has 2 atom stereocenters. The summed E-state index contributed by atoms with van der Waals surface area (Å²) in [5.41, 5.74) is 0.468. The number of hydrogen-bond acceptors (Lipinski definition) is 6. The third kappa shape index (κ3) is 9.64. The fraction of sp³-hybridized carbons (Fsp3) is 0.250. The molecule has 0 saturated heterocycles. The number of aliphatic carboxylic acids is 4. The van der Waals surface area contributed by atoms with Crippen molar-refractivity contribution in [1.82, 2.24) is 10.6 Å². The summed E-state index contributed by atoms with van der Waals surface area (Å²) in [4.78, 5) is 70.2. The van der Waals surface area contributed by atoms with Crippen LogP contribution < -0.4 is 19.6 Å². The van der Waals surface area contributed by atoms with E-state index >= 15 is 0 Å². The summed E-state index contributed by atoms with van der Waals surface area (Å²) < 4.78 is 1.28. The standard InChI is InChI=1S/C24H24N2O10Se2/c27-19(28)11-9-15(23(33)34)25-21(31)13-5-1-3-7-17(13)37-38-18-8-4-2-6-14(18)22(32)26-16(24(35)36)10-12-20(29)30/h1-8,15-16H,9-12H2,(H,25,31)(H,26,32)(H,27,28)(H,29,30)(H,33,34)(H,35,36). The summed E-state index contributed by atoms with van der Waals surface area (Å²) in [7, 11) is 0. The van der Waals surface area contributed by atoms with Gasteiger partial charge < -0.3 is 0 Å². The van der Waals surface area contributed by atoms with E-state index < -0.39 is 60.6 Å². The molecule has 2 aromatic carbocycles. The Balaban J connectivity index is 2.17. The number of carbonyl (C=O) groups excluding carboxylic acids is 2. The van der Waals surface area contributed by atoms with Crippen LogP contribution in [0, 0.1) is 0 Å². The third-order valence-corrected chi connectivity index (χ3v) is 12.2. The minimum absolute atomic E-state index is 0.234. The summed E-state index contributed by atoms with van der Waals surface area (Å²) in [5, 5.41) is 41.0. The molecule has 0 bridgehead atoms. The summed E-state index contributed by atoms with van der Waals surface area (Å²) >= 11 is -0.709. The van der Waals surface area contributed by atoms with E-state index in [0.717, 1.165) is 0 Å². The van der Waals surface area contributed by atoms with E-state index in [1.807, 2.05) is 0 Å². The molecule has 14 heteroatoms. The molecular formula is C24H24N2O10Se2. The van der Waals surface area contributed by atoms with Gasteiger partial charge in [0.2, 0.25) is 0 Å². The first kappa shape index (κ1) is 30.5. The molecule has 0 spiro atoms. The van der Waals surface area contributed by atoms with Gasteiger partial charge >= 0.3 is 228 Å². The Morgan fingerprint density at radius 3 is 1.26 bits per heavy atom. The number of carboxylic acids is 4. The Labute approximate surface area is 227 Å². The first-order valence-electron chi connectivity index (χ1n) is 11.0. The van der Waals surface area contributed by atoms with Gasteiger partial charge in [-0.1, -0.05) is 0 Å². The summed E-state index contributed by atoms with van der Waals surface area (Å²) in [6.07, 6.45) is -1.41. The molecule has 2 aromatic rings. The molecule has 2 amide bonds. The molecule has 0 aliphatic rings. The van der Waals surface area contributed by atoms with Crippen LogP contribution in [0.15, 0.2) is 48.5 Å². The van der Waals surface area contributed by atoms with Crippen LogP contribution in [0.2, 0.25) is 0 Å². The quantitative estimate of drug-likeness (QED) is 0.130. The molecule has 0 aliphatic carbocycles. The van der Waals surface area contributed by atoms with E-state index in [9.17, 15) is 39.0 Å². The van der Waals surface area contributed by atoms with Crippen LogP contribution in [0.25, 0.3) is 0 Å². The van der Waals surface area contributed by atoms with Crippen molar-refractivity contribution < 1.29 is 49.2 Å². The maximum absolute atomic E-state index is 12.8. The van der Waals surface area contributed by atoms with Gasteiger partial charge in [-0.15, -0.1) is 0 Å². The predicted octanol–water partition coefficient (Wildman–Crippen LogP) is -0.944. The predicted molar refractivity (Wildman–Crippen MR) is 135 cm³/mol. The second kappa shape index (κ2) is 14.9. The van der Waals surface area contributed by atoms with Crippen molar-refractivity contribution in [3.63, 3.8) is 0 Å². The Bertz CT molecular complexity index is 1130. The first-order valence-corrected chi connectivity index (χ1v) is 17.1. The molecule has 0 aliphatic heterocycles. The zero-order chi connectivity index (χ0) is 28.2. The van der Waals surface area contributed by atoms with Crippen molar-refractivity contribution in [2.75, 3.05) is 0 Å². The van der Waals surface area contributed by atoms with Crippen molar-refractivity contribution in [1.29, 1.82) is 0 Å². The average molecular weight is 658 g/mol. The fourth-order valence-corrected chi connectivity index (χ4v) is 10.2. The first-order chi connectivity index (χ1) is 18.0. The number of amides is 2. The third-order valence-electron chi connectivity index (χ3n) is 4.99. The second-order valence-electron chi connectivity index (χ2n) is 7.75. The van der Waals surface area contributed by atoms with Gasteiger partial charge in [0.15, 0.2) is 0 Å². The molecule has 0 heterocycles. The van der Waals surface area contributed by atoms with Gasteiger partial charge in [0.25, 0.3) is 0 Å². The van der Waals surface area contributed by atoms with Gasteiger partial charge in [0.05, 0.1) is 0 Å². The van der Waals surface area contributed by atoms with E-state index in [2.05, 4.69) is 10.6 Å². The molecule has 6 N–H and O–H groups in total. The van der Waals surface area contributed by atoms with Crippen LogP contribution in [-0.4, -0.2) is 94.5 Å². The molecule has 0 saturated carbocycles. The SMILES string of the molecule is O=C(O)CCC(NC(=O)c1ccccc1[Se][Se]c1ccccc1C(=O)NC(CCC(=O)O)C(=O)O)C(=O)O. The van der Waals surface area contributed by atoms with Crippen LogP contribution >= 0.6 is 0 Å². The Hall–Kier alpha value is -3.70. The van der Waals surface area contributed by atoms with Gasteiger partial charge in [-0.25, -0.2) is 0 Å². The number of nitrogens with one attached hydrogen (secondary N) is 2. The van der Waals surface area contributed by atoms with Gasteiger partial charge in [0.1, 0.15) is 0 Å². The number of hydrogen-bond donors (Lipinski definition) is 6. The monoisotopic (exact) mass is 660 g/mol. The molecule has 0 radical (unpaired) electrons. The Morgan fingerprint density at radius 2 is 0.947 bits per heavy atom. The minimum atomic E-state index is -1.38. The average Bonchev–Trinajstić information content (AvgIpc) is 2.87. The van der Waals surface area contributed by atoms with Gasteiger partial charge in [-0.3, -0.25) is 0 Å². The zero-order valence-corrected chi connectivity index (χ0v) is 23.1. The number of rotatable bonds is 15. The fourth-order valence-electron chi connectivity index (χ4n) is 3.07. The van der Waals surface area contributed by atoms with E-state index in [1.54, 1.807) is 36.4 Å². The second-order valence-corrected chi connectivity index (χ2v) is 13.9. The number of benzene rings is 2. The van der Waals surface area contributed by atoms with E-state index in [0.29, 0.717) is 8.92 Å². The van der Waals surface area contributed by atoms with Gasteiger partial charge in [-0.2, -0.15) is 0 Å². The van der Waals surface area contributed by atoms with Crippen LogP contribution in [0.3, 0.4) is 0 Å². The molecule has 202 valence electrons. The summed E-state index contributed by atoms with van der Waals surface area (Å²) in [6.45, 7) is 0. The number of carboxylic acid groups (broad SMARTS) is 4. The van der Waals surface area contributed by atoms with E-state index in [4.69, 9.17) is 10.2 Å². The molecule has 2 rings (SSSR count). The Morgan fingerprint density at radius 1 is 0.605 bits per heavy atom. The molecule has 0 fully saturated rings. The van der Waals surface area contributed by atoms with Crippen molar-refractivity contribution in [3.8, 4) is 0 Å².